The van der Waals surface area contributed by atoms with Gasteiger partial charge in [0.2, 0.25) is 11.8 Å². The van der Waals surface area contributed by atoms with E-state index in [9.17, 15) is 9.59 Å². The van der Waals surface area contributed by atoms with Gasteiger partial charge in [-0.05, 0) is 53.6 Å². The molecule has 2 fully saturated rings. The van der Waals surface area contributed by atoms with E-state index in [-0.39, 0.29) is 35.6 Å². The van der Waals surface area contributed by atoms with Crippen molar-refractivity contribution in [3.63, 3.8) is 0 Å². The Balaban J connectivity index is 1.78. The number of amides is 2. The van der Waals surface area contributed by atoms with Crippen molar-refractivity contribution >= 4 is 45.0 Å². The summed E-state index contributed by atoms with van der Waals surface area (Å²) in [6.45, 7) is 2.17. The van der Waals surface area contributed by atoms with Gasteiger partial charge in [-0.25, -0.2) is 0 Å². The summed E-state index contributed by atoms with van der Waals surface area (Å²) in [5.74, 6) is -0.319. The fourth-order valence-electron chi connectivity index (χ4n) is 5.16. The van der Waals surface area contributed by atoms with Crippen LogP contribution >= 0.6 is 27.5 Å². The lowest BCUT2D eigenvalue weighted by atomic mass is 9.57. The molecule has 2 aliphatic heterocycles. The standard InChI is InChI=1S/C22H20BrClN2O2/c1-21(7-8-21)19-22(15-6-5-13(23)10-17(15)25-20(22)28)16(11-18(27)26-19)12-3-2-4-14(24)9-12/h2-6,9-10,16,19H,7-8,11H2,1H3,(H,25,28)(H,26,27)/t16-,19+,22-/m0/s1. The number of fused-ring (bicyclic) bond motifs is 2. The second-order valence-corrected chi connectivity index (χ2v) is 9.83. The Bertz CT molecular complexity index is 1020. The third-order valence-electron chi connectivity index (χ3n) is 6.74. The van der Waals surface area contributed by atoms with E-state index in [4.69, 9.17) is 11.6 Å². The van der Waals surface area contributed by atoms with Gasteiger partial charge in [-0.15, -0.1) is 0 Å². The lowest BCUT2D eigenvalue weighted by Gasteiger charge is -2.49. The largest absolute Gasteiger partial charge is 0.351 e. The molecule has 1 aliphatic carbocycles. The van der Waals surface area contributed by atoms with Crippen LogP contribution in [0.4, 0.5) is 5.69 Å². The van der Waals surface area contributed by atoms with E-state index < -0.39 is 5.41 Å². The molecule has 2 amide bonds. The third-order valence-corrected chi connectivity index (χ3v) is 7.47. The second kappa shape index (κ2) is 6.07. The molecule has 2 aromatic rings. The predicted octanol–water partition coefficient (Wildman–Crippen LogP) is 4.76. The molecule has 1 saturated heterocycles. The molecule has 0 aromatic heterocycles. The number of anilines is 1. The average molecular weight is 460 g/mol. The monoisotopic (exact) mass is 458 g/mol. The number of piperidine rings is 1. The van der Waals surface area contributed by atoms with Gasteiger partial charge in [0, 0.05) is 27.5 Å². The van der Waals surface area contributed by atoms with Crippen molar-refractivity contribution < 1.29 is 9.59 Å². The molecule has 3 atom stereocenters. The number of hydrogen-bond donors (Lipinski definition) is 2. The molecule has 144 valence electrons. The summed E-state index contributed by atoms with van der Waals surface area (Å²) in [4.78, 5) is 26.4. The number of rotatable bonds is 2. The van der Waals surface area contributed by atoms with Crippen LogP contribution in [0.25, 0.3) is 0 Å². The zero-order chi connectivity index (χ0) is 19.7. The molecular weight excluding hydrogens is 440 g/mol. The van der Waals surface area contributed by atoms with Crippen LogP contribution in [0.3, 0.4) is 0 Å². The first kappa shape index (κ1) is 18.2. The molecule has 2 N–H and O–H groups in total. The van der Waals surface area contributed by atoms with Crippen molar-refractivity contribution in [2.45, 2.75) is 43.6 Å². The predicted molar refractivity (Wildman–Crippen MR) is 113 cm³/mol. The molecule has 0 radical (unpaired) electrons. The molecular formula is C22H20BrClN2O2. The second-order valence-electron chi connectivity index (χ2n) is 8.48. The van der Waals surface area contributed by atoms with E-state index in [1.54, 1.807) is 0 Å². The molecule has 6 heteroatoms. The zero-order valence-corrected chi connectivity index (χ0v) is 17.7. The van der Waals surface area contributed by atoms with Crippen LogP contribution in [0, 0.1) is 5.41 Å². The van der Waals surface area contributed by atoms with Crippen molar-refractivity contribution in [2.75, 3.05) is 5.32 Å². The Morgan fingerprint density at radius 1 is 1.14 bits per heavy atom. The SMILES string of the molecule is CC1([C@H]2NC(=O)C[C@@H](c3cccc(Cl)c3)[C@]23C(=O)Nc2cc(Br)ccc23)CC1. The Morgan fingerprint density at radius 3 is 2.64 bits per heavy atom. The number of carbonyl (C=O) groups excluding carboxylic acids is 2. The van der Waals surface area contributed by atoms with Gasteiger partial charge in [-0.3, -0.25) is 9.59 Å². The van der Waals surface area contributed by atoms with Gasteiger partial charge in [0.1, 0.15) is 5.41 Å². The highest BCUT2D eigenvalue weighted by Gasteiger charge is 2.67. The number of nitrogens with one attached hydrogen (secondary N) is 2. The van der Waals surface area contributed by atoms with Gasteiger partial charge < -0.3 is 10.6 Å². The quantitative estimate of drug-likeness (QED) is 0.680. The Kier molecular flexibility index (Phi) is 3.95. The van der Waals surface area contributed by atoms with Crippen LogP contribution in [-0.4, -0.2) is 17.9 Å². The van der Waals surface area contributed by atoms with Crippen LogP contribution < -0.4 is 10.6 Å². The minimum atomic E-state index is -0.847. The highest BCUT2D eigenvalue weighted by atomic mass is 79.9. The van der Waals surface area contributed by atoms with Crippen LogP contribution in [-0.2, 0) is 15.0 Å². The van der Waals surface area contributed by atoms with Crippen LogP contribution in [0.5, 0.6) is 0 Å². The minimum Gasteiger partial charge on any atom is -0.351 e. The van der Waals surface area contributed by atoms with Crippen molar-refractivity contribution in [1.82, 2.24) is 5.32 Å². The Labute approximate surface area is 177 Å². The van der Waals surface area contributed by atoms with Gasteiger partial charge in [-0.2, -0.15) is 0 Å². The van der Waals surface area contributed by atoms with Gasteiger partial charge in [0.05, 0.1) is 6.04 Å². The molecule has 28 heavy (non-hydrogen) atoms. The minimum absolute atomic E-state index is 0.00733. The van der Waals surface area contributed by atoms with E-state index in [0.717, 1.165) is 34.1 Å². The van der Waals surface area contributed by atoms with Gasteiger partial charge >= 0.3 is 0 Å². The molecule has 0 unspecified atom stereocenters. The van der Waals surface area contributed by atoms with Crippen LogP contribution in [0.2, 0.25) is 5.02 Å². The molecule has 4 nitrogen and oxygen atoms in total. The Morgan fingerprint density at radius 2 is 1.93 bits per heavy atom. The Hall–Kier alpha value is -1.85. The summed E-state index contributed by atoms with van der Waals surface area (Å²) in [6.07, 6.45) is 2.26. The number of hydrogen-bond acceptors (Lipinski definition) is 2. The van der Waals surface area contributed by atoms with Gasteiger partial charge in [0.25, 0.3) is 0 Å². The molecule has 5 rings (SSSR count). The lowest BCUT2D eigenvalue weighted by Crippen LogP contribution is -2.64. The average Bonchev–Trinajstić information content (AvgIpc) is 3.33. The number of halogens is 2. The van der Waals surface area contributed by atoms with Crippen molar-refractivity contribution in [3.05, 3.63) is 63.1 Å². The topological polar surface area (TPSA) is 58.2 Å². The smallest absolute Gasteiger partial charge is 0.237 e. The summed E-state index contributed by atoms with van der Waals surface area (Å²) in [5.41, 5.74) is 1.78. The van der Waals surface area contributed by atoms with E-state index >= 15 is 0 Å². The maximum Gasteiger partial charge on any atom is 0.237 e. The highest BCUT2D eigenvalue weighted by Crippen LogP contribution is 2.62. The first-order chi connectivity index (χ1) is 13.3. The molecule has 3 aliphatic rings. The summed E-state index contributed by atoms with van der Waals surface area (Å²) >= 11 is 9.79. The van der Waals surface area contributed by atoms with Crippen molar-refractivity contribution in [3.8, 4) is 0 Å². The van der Waals surface area contributed by atoms with Crippen LogP contribution in [0.1, 0.15) is 43.2 Å². The molecule has 2 heterocycles. The van der Waals surface area contributed by atoms with Gasteiger partial charge in [0.15, 0.2) is 0 Å². The van der Waals surface area contributed by atoms with Crippen molar-refractivity contribution in [1.29, 1.82) is 0 Å². The lowest BCUT2D eigenvalue weighted by molar-refractivity contribution is -0.132. The number of benzene rings is 2. The van der Waals surface area contributed by atoms with Crippen molar-refractivity contribution in [2.24, 2.45) is 5.41 Å². The van der Waals surface area contributed by atoms with E-state index in [2.05, 4.69) is 33.5 Å². The van der Waals surface area contributed by atoms with E-state index in [0.29, 0.717) is 5.02 Å². The van der Waals surface area contributed by atoms with E-state index in [1.165, 1.54) is 0 Å². The maximum atomic E-state index is 13.7. The third kappa shape index (κ3) is 2.49. The van der Waals surface area contributed by atoms with Gasteiger partial charge in [-0.1, -0.05) is 52.7 Å². The molecule has 1 saturated carbocycles. The maximum absolute atomic E-state index is 13.7. The fraction of sp³-hybridized carbons (Fsp3) is 0.364. The van der Waals surface area contributed by atoms with E-state index in [1.807, 2.05) is 42.5 Å². The first-order valence-corrected chi connectivity index (χ1v) is 10.7. The summed E-state index contributed by atoms with van der Waals surface area (Å²) in [5, 5.41) is 6.93. The summed E-state index contributed by atoms with van der Waals surface area (Å²) in [7, 11) is 0. The summed E-state index contributed by atoms with van der Waals surface area (Å²) in [6, 6.07) is 13.3. The molecule has 1 spiro atoms. The summed E-state index contributed by atoms with van der Waals surface area (Å²) < 4.78 is 0.914. The normalized spacial score (nSPS) is 30.0. The zero-order valence-electron chi connectivity index (χ0n) is 15.4. The number of carbonyl (C=O) groups is 2. The first-order valence-electron chi connectivity index (χ1n) is 9.51. The molecule has 2 aromatic carbocycles. The highest BCUT2D eigenvalue weighted by molar-refractivity contribution is 9.10. The fourth-order valence-corrected chi connectivity index (χ4v) is 5.72. The van der Waals surface area contributed by atoms with Crippen LogP contribution in [0.15, 0.2) is 46.9 Å². The molecule has 0 bridgehead atoms.